The molecule has 0 aromatic carbocycles. The summed E-state index contributed by atoms with van der Waals surface area (Å²) in [4.78, 5) is 24.3. The van der Waals surface area contributed by atoms with Gasteiger partial charge in [0.1, 0.15) is 23.3 Å². The van der Waals surface area contributed by atoms with E-state index < -0.39 is 67.7 Å². The molecule has 0 heterocycles. The summed E-state index contributed by atoms with van der Waals surface area (Å²) in [5.41, 5.74) is 10.2. The lowest BCUT2D eigenvalue weighted by molar-refractivity contribution is -0.158. The van der Waals surface area contributed by atoms with Crippen LogP contribution in [0.2, 0.25) is 0 Å². The number of esters is 2. The van der Waals surface area contributed by atoms with E-state index in [1.165, 1.54) is 0 Å². The zero-order valence-corrected chi connectivity index (χ0v) is 25.3. The first-order valence-corrected chi connectivity index (χ1v) is 17.1. The van der Waals surface area contributed by atoms with Gasteiger partial charge in [-0.3, -0.25) is 18.0 Å². The second kappa shape index (κ2) is 14.5. The Hall–Kier alpha value is -0.620. The first-order chi connectivity index (χ1) is 16.0. The summed E-state index contributed by atoms with van der Waals surface area (Å²) in [5, 5.41) is 0. The molecule has 0 aromatic rings. The van der Waals surface area contributed by atoms with Crippen molar-refractivity contribution in [3.05, 3.63) is 0 Å². The number of rotatable bonds is 15. The van der Waals surface area contributed by atoms with Crippen molar-refractivity contribution in [2.24, 2.45) is 11.5 Å². The predicted octanol–water partition coefficient (Wildman–Crippen LogP) is 1.18. The quantitative estimate of drug-likeness (QED) is 0.118. The van der Waals surface area contributed by atoms with E-state index in [1.807, 2.05) is 0 Å². The maximum absolute atomic E-state index is 12.2. The third-order valence-corrected chi connectivity index (χ3v) is 7.41. The highest BCUT2D eigenvalue weighted by Gasteiger charge is 2.29. The van der Waals surface area contributed by atoms with Crippen LogP contribution in [0.5, 0.6) is 0 Å². The third-order valence-electron chi connectivity index (χ3n) is 3.67. The van der Waals surface area contributed by atoms with Crippen molar-refractivity contribution in [1.29, 1.82) is 0 Å². The Bertz CT molecular complexity index is 851. The Balaban J connectivity index is 5.12. The maximum Gasteiger partial charge on any atom is 0.323 e. The Morgan fingerprint density at radius 2 is 0.972 bits per heavy atom. The van der Waals surface area contributed by atoms with E-state index in [1.54, 1.807) is 41.5 Å². The summed E-state index contributed by atoms with van der Waals surface area (Å²) in [5.74, 6) is -1.20. The van der Waals surface area contributed by atoms with Gasteiger partial charge in [-0.15, -0.1) is 0 Å². The predicted molar refractivity (Wildman–Crippen MR) is 141 cm³/mol. The molecule has 12 nitrogen and oxygen atoms in total. The largest absolute Gasteiger partial charge is 0.459 e. The maximum atomic E-state index is 12.2. The van der Waals surface area contributed by atoms with E-state index >= 15 is 0 Å². The van der Waals surface area contributed by atoms with E-state index in [-0.39, 0.29) is 24.3 Å². The number of ether oxygens (including phenoxy) is 2. The van der Waals surface area contributed by atoms with Gasteiger partial charge in [-0.1, -0.05) is 21.6 Å². The zero-order chi connectivity index (χ0) is 28.5. The van der Waals surface area contributed by atoms with Crippen LogP contribution in [0, 0.1) is 0 Å². The van der Waals surface area contributed by atoms with Gasteiger partial charge >= 0.3 is 11.9 Å². The first kappa shape index (κ1) is 35.4. The van der Waals surface area contributed by atoms with Gasteiger partial charge in [0.2, 0.25) is 0 Å². The van der Waals surface area contributed by atoms with Crippen LogP contribution >= 0.6 is 21.6 Å². The van der Waals surface area contributed by atoms with Gasteiger partial charge in [-0.25, -0.2) is 0 Å². The molecule has 0 saturated carbocycles. The lowest BCUT2D eigenvalue weighted by atomic mass is 10.1. The Morgan fingerprint density at radius 3 is 1.19 bits per heavy atom. The highest BCUT2D eigenvalue weighted by atomic mass is 33.1. The molecule has 0 aliphatic heterocycles. The fraction of sp³-hybridized carbons (Fsp3) is 0.900. The molecule has 4 atom stereocenters. The fourth-order valence-corrected chi connectivity index (χ4v) is 6.37. The lowest BCUT2D eigenvalue weighted by Crippen LogP contribution is -2.41. The molecule has 0 spiro atoms. The molecule has 0 radical (unpaired) electrons. The normalized spacial score (nSPS) is 16.6. The molecule has 0 amide bonds. The van der Waals surface area contributed by atoms with Crippen molar-refractivity contribution in [3.8, 4) is 0 Å². The minimum Gasteiger partial charge on any atom is -0.459 e. The van der Waals surface area contributed by atoms with Crippen LogP contribution in [-0.4, -0.2) is 88.3 Å². The van der Waals surface area contributed by atoms with Gasteiger partial charge in [0.05, 0.1) is 24.7 Å². The number of hydrogen-bond acceptors (Lipinski definition) is 14. The van der Waals surface area contributed by atoms with Crippen molar-refractivity contribution in [2.45, 2.75) is 89.9 Å². The van der Waals surface area contributed by atoms with Gasteiger partial charge in [0, 0.05) is 24.3 Å². The van der Waals surface area contributed by atoms with Crippen molar-refractivity contribution in [2.75, 3.05) is 24.0 Å². The van der Waals surface area contributed by atoms with Crippen LogP contribution in [-0.2, 0) is 47.7 Å². The van der Waals surface area contributed by atoms with Crippen LogP contribution < -0.4 is 11.5 Å². The average molecular weight is 597 g/mol. The topological polar surface area (TPSA) is 191 Å². The Kier molecular flexibility index (Phi) is 14.3. The number of carbonyl (C=O) groups excluding carboxylic acids is 2. The molecule has 0 fully saturated rings. The number of nitrogens with two attached hydrogens (primary N) is 2. The summed E-state index contributed by atoms with van der Waals surface area (Å²) in [6.07, 6.45) is -0.378. The van der Waals surface area contributed by atoms with Crippen LogP contribution in [0.3, 0.4) is 0 Å². The van der Waals surface area contributed by atoms with Gasteiger partial charge in [-0.2, -0.15) is 16.8 Å². The molecule has 16 heteroatoms. The van der Waals surface area contributed by atoms with Crippen molar-refractivity contribution in [3.63, 3.8) is 0 Å². The smallest absolute Gasteiger partial charge is 0.323 e. The highest BCUT2D eigenvalue weighted by Crippen LogP contribution is 2.28. The molecule has 4 N–H and O–H groups in total. The summed E-state index contributed by atoms with van der Waals surface area (Å²) in [6, 6.07) is -2.23. The lowest BCUT2D eigenvalue weighted by Gasteiger charge is -2.25. The molecule has 0 aliphatic rings. The van der Waals surface area contributed by atoms with Crippen molar-refractivity contribution >= 4 is 53.8 Å². The van der Waals surface area contributed by atoms with E-state index in [2.05, 4.69) is 0 Å². The zero-order valence-electron chi connectivity index (χ0n) is 22.0. The molecule has 0 aromatic heterocycles. The van der Waals surface area contributed by atoms with Crippen LogP contribution in [0.15, 0.2) is 0 Å². The van der Waals surface area contributed by atoms with E-state index in [4.69, 9.17) is 29.3 Å². The average Bonchev–Trinajstić information content (AvgIpc) is 2.59. The standard InChI is InChI=1S/C20H40N2O10S4/c1-19(2,3)29-17(23)15(21)9-13(31-35(7,25)26)11-33-34-12-14(32-36(8,27)28)10-16(22)18(24)30-20(4,5)6/h13-16H,9-12,21-22H2,1-8H3. The van der Waals surface area contributed by atoms with Crippen LogP contribution in [0.25, 0.3) is 0 Å². The minimum atomic E-state index is -3.85. The number of hydrogen-bond donors (Lipinski definition) is 2. The number of carbonyl (C=O) groups is 2. The summed E-state index contributed by atoms with van der Waals surface area (Å²) < 4.78 is 67.2. The molecular formula is C20H40N2O10S4. The van der Waals surface area contributed by atoms with E-state index in [0.717, 1.165) is 34.1 Å². The molecule has 4 unspecified atom stereocenters. The fourth-order valence-electron chi connectivity index (χ4n) is 2.53. The second-order valence-electron chi connectivity index (χ2n) is 10.2. The molecule has 214 valence electrons. The molecule has 0 bridgehead atoms. The molecule has 0 rings (SSSR count). The van der Waals surface area contributed by atoms with Gasteiger partial charge in [0.25, 0.3) is 20.2 Å². The first-order valence-electron chi connectivity index (χ1n) is 11.0. The molecule has 0 saturated heterocycles. The van der Waals surface area contributed by atoms with Crippen molar-refractivity contribution in [1.82, 2.24) is 0 Å². The Morgan fingerprint density at radius 1 is 0.694 bits per heavy atom. The van der Waals surface area contributed by atoms with E-state index in [9.17, 15) is 26.4 Å². The second-order valence-corrected chi connectivity index (χ2v) is 15.9. The third kappa shape index (κ3) is 19.5. The SMILES string of the molecule is CC(C)(C)OC(=O)C(N)CC(CSSCC(CC(N)C(=O)OC(C)(C)C)OS(C)(=O)=O)OS(C)(=O)=O. The van der Waals surface area contributed by atoms with Gasteiger partial charge < -0.3 is 20.9 Å². The molecular weight excluding hydrogens is 556 g/mol. The van der Waals surface area contributed by atoms with Crippen molar-refractivity contribution < 1.29 is 44.3 Å². The van der Waals surface area contributed by atoms with Crippen LogP contribution in [0.1, 0.15) is 54.4 Å². The Labute approximate surface area is 222 Å². The summed E-state index contributed by atoms with van der Waals surface area (Å²) in [7, 11) is -5.39. The minimum absolute atomic E-state index is 0.0952. The monoisotopic (exact) mass is 596 g/mol. The van der Waals surface area contributed by atoms with Gasteiger partial charge in [0.15, 0.2) is 0 Å². The van der Waals surface area contributed by atoms with E-state index in [0.29, 0.717) is 0 Å². The summed E-state index contributed by atoms with van der Waals surface area (Å²) in [6.45, 7) is 10.1. The molecule has 36 heavy (non-hydrogen) atoms. The molecule has 0 aliphatic carbocycles. The summed E-state index contributed by atoms with van der Waals surface area (Å²) >= 11 is 0. The van der Waals surface area contributed by atoms with Crippen LogP contribution in [0.4, 0.5) is 0 Å². The van der Waals surface area contributed by atoms with Gasteiger partial charge in [-0.05, 0) is 41.5 Å². The highest BCUT2D eigenvalue weighted by molar-refractivity contribution is 8.76.